The summed E-state index contributed by atoms with van der Waals surface area (Å²) in [4.78, 5) is 19.3. The van der Waals surface area contributed by atoms with Crippen LogP contribution in [0.25, 0.3) is 11.5 Å². The molecule has 0 saturated carbocycles. The molecule has 0 spiro atoms. The minimum absolute atomic E-state index is 0. The first kappa shape index (κ1) is 24.1. The van der Waals surface area contributed by atoms with Crippen LogP contribution in [0, 0.1) is 17.0 Å². The maximum atomic E-state index is 11.0. The van der Waals surface area contributed by atoms with E-state index in [0.717, 1.165) is 11.3 Å². The molecule has 31 heavy (non-hydrogen) atoms. The largest absolute Gasteiger partial charge is 0.444 e. The molecule has 0 radical (unpaired) electrons. The second kappa shape index (κ2) is 11.9. The van der Waals surface area contributed by atoms with Crippen LogP contribution in [-0.2, 0) is 6.54 Å². The van der Waals surface area contributed by atoms with E-state index in [1.54, 1.807) is 31.5 Å². The number of halogens is 1. The Morgan fingerprint density at radius 3 is 2.58 bits per heavy atom. The van der Waals surface area contributed by atoms with Crippen LogP contribution in [0.15, 0.2) is 64.2 Å². The molecule has 0 atom stereocenters. The van der Waals surface area contributed by atoms with Crippen molar-refractivity contribution in [1.29, 1.82) is 0 Å². The Balaban J connectivity index is 0.00000341. The Morgan fingerprint density at radius 2 is 1.87 bits per heavy atom. The number of guanidine groups is 1. The van der Waals surface area contributed by atoms with Crippen LogP contribution in [0.5, 0.6) is 0 Å². The fourth-order valence-electron chi connectivity index (χ4n) is 2.77. The molecule has 3 N–H and O–H groups in total. The molecule has 0 fully saturated rings. The van der Waals surface area contributed by atoms with Crippen molar-refractivity contribution in [2.45, 2.75) is 13.5 Å². The fourth-order valence-corrected chi connectivity index (χ4v) is 2.77. The van der Waals surface area contributed by atoms with Gasteiger partial charge in [0, 0.05) is 31.8 Å². The molecule has 10 heteroatoms. The van der Waals surface area contributed by atoms with Gasteiger partial charge in [-0.15, -0.1) is 24.0 Å². The predicted octanol–water partition coefficient (Wildman–Crippen LogP) is 3.95. The zero-order valence-electron chi connectivity index (χ0n) is 17.3. The third-order valence-corrected chi connectivity index (χ3v) is 4.34. The van der Waals surface area contributed by atoms with Gasteiger partial charge in [0.1, 0.15) is 12.0 Å². The van der Waals surface area contributed by atoms with Crippen molar-refractivity contribution < 1.29 is 9.34 Å². The quantitative estimate of drug-likeness (QED) is 0.0997. The number of aliphatic imine (C=N–C) groups is 1. The number of aryl methyl sites for hydroxylation is 1. The molecule has 2 aromatic carbocycles. The minimum atomic E-state index is -0.404. The van der Waals surface area contributed by atoms with Gasteiger partial charge in [-0.25, -0.2) is 4.98 Å². The highest BCUT2D eigenvalue weighted by Gasteiger charge is 2.11. The van der Waals surface area contributed by atoms with Crippen LogP contribution in [-0.4, -0.2) is 36.0 Å². The van der Waals surface area contributed by atoms with Crippen molar-refractivity contribution >= 4 is 41.3 Å². The number of rotatable bonds is 8. The molecule has 0 saturated heterocycles. The highest BCUT2D eigenvalue weighted by molar-refractivity contribution is 14.0. The fraction of sp³-hybridized carbons (Fsp3) is 0.238. The van der Waals surface area contributed by atoms with E-state index in [-0.39, 0.29) is 29.7 Å². The van der Waals surface area contributed by atoms with E-state index in [1.165, 1.54) is 11.6 Å². The molecular weight excluding hydrogens is 511 g/mol. The van der Waals surface area contributed by atoms with Crippen molar-refractivity contribution in [2.24, 2.45) is 4.99 Å². The number of nitrogens with one attached hydrogen (secondary N) is 3. The molecular formula is C21H25IN6O3. The summed E-state index contributed by atoms with van der Waals surface area (Å²) in [7, 11) is 1.67. The lowest BCUT2D eigenvalue weighted by molar-refractivity contribution is -0.384. The zero-order valence-corrected chi connectivity index (χ0v) is 19.6. The summed E-state index contributed by atoms with van der Waals surface area (Å²) < 4.78 is 5.56. The van der Waals surface area contributed by atoms with E-state index >= 15 is 0 Å². The van der Waals surface area contributed by atoms with Crippen LogP contribution in [0.1, 0.15) is 11.3 Å². The van der Waals surface area contributed by atoms with Gasteiger partial charge in [0.15, 0.2) is 5.96 Å². The third kappa shape index (κ3) is 6.95. The van der Waals surface area contributed by atoms with E-state index in [4.69, 9.17) is 4.42 Å². The van der Waals surface area contributed by atoms with Gasteiger partial charge in [0.05, 0.1) is 17.2 Å². The number of nitro groups is 1. The number of nitrogens with zero attached hydrogens (tertiary/aromatic N) is 3. The van der Waals surface area contributed by atoms with Crippen LogP contribution < -0.4 is 16.0 Å². The molecule has 0 aliphatic rings. The summed E-state index contributed by atoms with van der Waals surface area (Å²) in [6.45, 7) is 3.50. The molecule has 3 aromatic rings. The van der Waals surface area contributed by atoms with Crippen LogP contribution >= 0.6 is 24.0 Å². The third-order valence-electron chi connectivity index (χ3n) is 4.34. The molecule has 0 bridgehead atoms. The highest BCUT2D eigenvalue weighted by atomic mass is 127. The van der Waals surface area contributed by atoms with Crippen molar-refractivity contribution in [2.75, 3.05) is 25.5 Å². The summed E-state index contributed by atoms with van der Waals surface area (Å²) in [6, 6.07) is 14.5. The second-order valence-corrected chi connectivity index (χ2v) is 6.56. The summed E-state index contributed by atoms with van der Waals surface area (Å²) in [6.07, 6.45) is 1.62. The van der Waals surface area contributed by atoms with E-state index < -0.39 is 4.92 Å². The Kier molecular flexibility index (Phi) is 9.25. The highest BCUT2D eigenvalue weighted by Crippen LogP contribution is 2.22. The summed E-state index contributed by atoms with van der Waals surface area (Å²) in [5.74, 6) is 1.17. The number of hydrogen-bond acceptors (Lipinski definition) is 6. The van der Waals surface area contributed by atoms with E-state index in [0.29, 0.717) is 37.2 Å². The number of nitro benzene ring substituents is 1. The van der Waals surface area contributed by atoms with Crippen LogP contribution in [0.3, 0.4) is 0 Å². The molecule has 1 heterocycles. The molecule has 164 valence electrons. The zero-order chi connectivity index (χ0) is 21.3. The molecule has 0 aliphatic heterocycles. The summed E-state index contributed by atoms with van der Waals surface area (Å²) in [5, 5.41) is 20.4. The Hall–Kier alpha value is -3.15. The van der Waals surface area contributed by atoms with Gasteiger partial charge in [-0.05, 0) is 25.1 Å². The van der Waals surface area contributed by atoms with Gasteiger partial charge in [0.25, 0.3) is 5.69 Å². The SMILES string of the molecule is CN=C(NCCNc1ccccc1[N+](=O)[O-])NCc1coc(-c2ccc(C)cc2)n1.I. The first-order valence-corrected chi connectivity index (χ1v) is 9.50. The number of benzene rings is 2. The Bertz CT molecular complexity index is 1020. The number of hydrogen-bond donors (Lipinski definition) is 3. The van der Waals surface area contributed by atoms with E-state index in [9.17, 15) is 10.1 Å². The van der Waals surface area contributed by atoms with E-state index in [2.05, 4.69) is 25.9 Å². The normalized spacial score (nSPS) is 10.8. The average Bonchev–Trinajstić information content (AvgIpc) is 3.23. The van der Waals surface area contributed by atoms with Gasteiger partial charge in [0.2, 0.25) is 5.89 Å². The molecule has 3 rings (SSSR count). The first-order chi connectivity index (χ1) is 14.6. The van der Waals surface area contributed by atoms with Crippen molar-refractivity contribution in [3.05, 3.63) is 76.2 Å². The van der Waals surface area contributed by atoms with Gasteiger partial charge in [-0.3, -0.25) is 15.1 Å². The molecule has 0 amide bonds. The lowest BCUT2D eigenvalue weighted by Crippen LogP contribution is -2.39. The van der Waals surface area contributed by atoms with Crippen LogP contribution in [0.4, 0.5) is 11.4 Å². The lowest BCUT2D eigenvalue weighted by Gasteiger charge is -2.12. The van der Waals surface area contributed by atoms with Crippen molar-refractivity contribution in [3.8, 4) is 11.5 Å². The standard InChI is InChI=1S/C21H24N6O3.HI/c1-15-7-9-16(10-8-15)20-26-17(14-30-20)13-25-21(22-2)24-12-11-23-18-5-3-4-6-19(18)27(28)29;/h3-10,14,23H,11-13H2,1-2H3,(H2,22,24,25);1H. The minimum Gasteiger partial charge on any atom is -0.444 e. The summed E-state index contributed by atoms with van der Waals surface area (Å²) >= 11 is 0. The molecule has 1 aromatic heterocycles. The molecule has 9 nitrogen and oxygen atoms in total. The van der Waals surface area contributed by atoms with Crippen molar-refractivity contribution in [1.82, 2.24) is 15.6 Å². The van der Waals surface area contributed by atoms with Gasteiger partial charge in [-0.2, -0.15) is 0 Å². The monoisotopic (exact) mass is 536 g/mol. The first-order valence-electron chi connectivity index (χ1n) is 9.50. The second-order valence-electron chi connectivity index (χ2n) is 6.56. The number of anilines is 1. The predicted molar refractivity (Wildman–Crippen MR) is 132 cm³/mol. The average molecular weight is 536 g/mol. The van der Waals surface area contributed by atoms with Gasteiger partial charge < -0.3 is 20.4 Å². The van der Waals surface area contributed by atoms with Crippen molar-refractivity contribution in [3.63, 3.8) is 0 Å². The molecule has 0 unspecified atom stereocenters. The lowest BCUT2D eigenvalue weighted by atomic mass is 10.1. The van der Waals surface area contributed by atoms with Gasteiger partial charge >= 0.3 is 0 Å². The maximum Gasteiger partial charge on any atom is 0.292 e. The van der Waals surface area contributed by atoms with Crippen LogP contribution in [0.2, 0.25) is 0 Å². The smallest absolute Gasteiger partial charge is 0.292 e. The Morgan fingerprint density at radius 1 is 1.13 bits per heavy atom. The maximum absolute atomic E-state index is 11.0. The topological polar surface area (TPSA) is 118 Å². The Labute approximate surface area is 197 Å². The molecule has 0 aliphatic carbocycles. The number of aromatic nitrogens is 1. The van der Waals surface area contributed by atoms with Gasteiger partial charge in [-0.1, -0.05) is 29.8 Å². The number of oxazole rings is 1. The number of para-hydroxylation sites is 2. The summed E-state index contributed by atoms with van der Waals surface area (Å²) in [5.41, 5.74) is 3.40. The van der Waals surface area contributed by atoms with E-state index in [1.807, 2.05) is 31.2 Å².